The van der Waals surface area contributed by atoms with Crippen molar-refractivity contribution in [2.75, 3.05) is 32.8 Å². The van der Waals surface area contributed by atoms with Gasteiger partial charge in [0.2, 0.25) is 0 Å². The molecule has 1 aliphatic rings. The lowest BCUT2D eigenvalue weighted by molar-refractivity contribution is 0.0732. The average molecular weight is 287 g/mol. The standard InChI is InChI=1S/C16H21N3O2/c1-3-21-16(20)19-10-8-18(9-11-19)15(12-17)14-7-5-4-6-13(14)2/h4-7,15H,3,8-11H2,1-2H3. The van der Waals surface area contributed by atoms with Gasteiger partial charge in [-0.1, -0.05) is 24.3 Å². The molecule has 1 saturated heterocycles. The quantitative estimate of drug-likeness (QED) is 0.856. The highest BCUT2D eigenvalue weighted by molar-refractivity contribution is 5.67. The van der Waals surface area contributed by atoms with Crippen LogP contribution in [-0.4, -0.2) is 48.7 Å². The minimum absolute atomic E-state index is 0.254. The summed E-state index contributed by atoms with van der Waals surface area (Å²) < 4.78 is 5.01. The first-order chi connectivity index (χ1) is 10.2. The van der Waals surface area contributed by atoms with E-state index in [9.17, 15) is 10.1 Å². The molecule has 0 saturated carbocycles. The van der Waals surface area contributed by atoms with Crippen LogP contribution in [0.4, 0.5) is 4.79 Å². The maximum Gasteiger partial charge on any atom is 0.409 e. The van der Waals surface area contributed by atoms with Gasteiger partial charge in [-0.2, -0.15) is 5.26 Å². The Kier molecular flexibility index (Phi) is 5.18. The van der Waals surface area contributed by atoms with Crippen molar-refractivity contribution in [3.63, 3.8) is 0 Å². The summed E-state index contributed by atoms with van der Waals surface area (Å²) in [6.45, 7) is 6.79. The van der Waals surface area contributed by atoms with Gasteiger partial charge in [0.25, 0.3) is 0 Å². The molecule has 0 spiro atoms. The molecule has 1 atom stereocenters. The van der Waals surface area contributed by atoms with Crippen LogP contribution in [-0.2, 0) is 4.74 Å². The van der Waals surface area contributed by atoms with E-state index >= 15 is 0 Å². The molecule has 0 bridgehead atoms. The summed E-state index contributed by atoms with van der Waals surface area (Å²) in [7, 11) is 0. The van der Waals surface area contributed by atoms with Crippen molar-refractivity contribution in [2.45, 2.75) is 19.9 Å². The fourth-order valence-corrected chi connectivity index (χ4v) is 2.62. The molecular weight excluding hydrogens is 266 g/mol. The summed E-state index contributed by atoms with van der Waals surface area (Å²) in [6, 6.07) is 10.1. The minimum Gasteiger partial charge on any atom is -0.450 e. The van der Waals surface area contributed by atoms with Crippen LogP contribution >= 0.6 is 0 Å². The van der Waals surface area contributed by atoms with Crippen LogP contribution in [0.15, 0.2) is 24.3 Å². The van der Waals surface area contributed by atoms with Gasteiger partial charge in [-0.15, -0.1) is 0 Å². The summed E-state index contributed by atoms with van der Waals surface area (Å²) in [5.74, 6) is 0. The number of benzene rings is 1. The first-order valence-electron chi connectivity index (χ1n) is 7.28. The van der Waals surface area contributed by atoms with Crippen molar-refractivity contribution >= 4 is 6.09 Å². The summed E-state index contributed by atoms with van der Waals surface area (Å²) in [5.41, 5.74) is 2.17. The van der Waals surface area contributed by atoms with Crippen LogP contribution in [0.2, 0.25) is 0 Å². The molecule has 1 aromatic carbocycles. The number of nitriles is 1. The number of amides is 1. The molecule has 1 amide bonds. The second-order valence-electron chi connectivity index (χ2n) is 5.11. The van der Waals surface area contributed by atoms with Gasteiger partial charge in [-0.05, 0) is 25.0 Å². The van der Waals surface area contributed by atoms with Crippen LogP contribution in [0.1, 0.15) is 24.1 Å². The largest absolute Gasteiger partial charge is 0.450 e. The van der Waals surface area contributed by atoms with Crippen molar-refractivity contribution in [1.29, 1.82) is 5.26 Å². The number of carbonyl (C=O) groups excluding carboxylic acids is 1. The molecule has 5 heteroatoms. The first-order valence-corrected chi connectivity index (χ1v) is 7.28. The molecule has 21 heavy (non-hydrogen) atoms. The number of ether oxygens (including phenoxy) is 1. The summed E-state index contributed by atoms with van der Waals surface area (Å²) >= 11 is 0. The molecule has 2 rings (SSSR count). The van der Waals surface area contributed by atoms with Gasteiger partial charge in [0.15, 0.2) is 0 Å². The number of rotatable bonds is 3. The first kappa shape index (κ1) is 15.3. The smallest absolute Gasteiger partial charge is 0.409 e. The van der Waals surface area contributed by atoms with Crippen molar-refractivity contribution in [2.24, 2.45) is 0 Å². The number of nitrogens with zero attached hydrogens (tertiary/aromatic N) is 3. The zero-order valence-electron chi connectivity index (χ0n) is 12.6. The van der Waals surface area contributed by atoms with E-state index in [-0.39, 0.29) is 12.1 Å². The Balaban J connectivity index is 2.02. The Labute approximate surface area is 125 Å². The molecular formula is C16H21N3O2. The van der Waals surface area contributed by atoms with Crippen molar-refractivity contribution in [3.05, 3.63) is 35.4 Å². The Hall–Kier alpha value is -2.06. The maximum absolute atomic E-state index is 11.7. The second-order valence-corrected chi connectivity index (χ2v) is 5.11. The third kappa shape index (κ3) is 3.53. The molecule has 0 radical (unpaired) electrons. The molecule has 1 heterocycles. The van der Waals surface area contributed by atoms with Crippen molar-refractivity contribution in [3.8, 4) is 6.07 Å². The number of carbonyl (C=O) groups is 1. The zero-order valence-corrected chi connectivity index (χ0v) is 12.6. The Morgan fingerprint density at radius 2 is 2.00 bits per heavy atom. The van der Waals surface area contributed by atoms with Gasteiger partial charge in [0, 0.05) is 26.2 Å². The number of piperazine rings is 1. The molecule has 0 aliphatic carbocycles. The van der Waals surface area contributed by atoms with Crippen LogP contribution in [0, 0.1) is 18.3 Å². The molecule has 1 aliphatic heterocycles. The predicted octanol–water partition coefficient (Wildman–Crippen LogP) is 2.33. The van der Waals surface area contributed by atoms with Crippen molar-refractivity contribution < 1.29 is 9.53 Å². The van der Waals surface area contributed by atoms with E-state index in [1.165, 1.54) is 0 Å². The van der Waals surface area contributed by atoms with E-state index < -0.39 is 0 Å². The van der Waals surface area contributed by atoms with Gasteiger partial charge in [0.1, 0.15) is 6.04 Å². The van der Waals surface area contributed by atoms with E-state index in [1.807, 2.05) is 31.2 Å². The summed E-state index contributed by atoms with van der Waals surface area (Å²) in [6.07, 6.45) is -0.262. The SMILES string of the molecule is CCOC(=O)N1CCN(C(C#N)c2ccccc2C)CC1. The van der Waals surface area contributed by atoms with Crippen LogP contribution in [0.25, 0.3) is 0 Å². The van der Waals surface area contributed by atoms with E-state index in [2.05, 4.69) is 11.0 Å². The van der Waals surface area contributed by atoms with Crippen molar-refractivity contribution in [1.82, 2.24) is 9.80 Å². The Bertz CT molecular complexity index is 531. The Morgan fingerprint density at radius 3 is 2.57 bits per heavy atom. The lowest BCUT2D eigenvalue weighted by Gasteiger charge is -2.36. The highest BCUT2D eigenvalue weighted by Crippen LogP contribution is 2.24. The monoisotopic (exact) mass is 287 g/mol. The third-order valence-electron chi connectivity index (χ3n) is 3.81. The highest BCUT2D eigenvalue weighted by atomic mass is 16.6. The maximum atomic E-state index is 11.7. The number of hydrogen-bond acceptors (Lipinski definition) is 4. The van der Waals surface area contributed by atoms with Crippen LogP contribution in [0.5, 0.6) is 0 Å². The van der Waals surface area contributed by atoms with E-state index in [4.69, 9.17) is 4.74 Å². The normalized spacial score (nSPS) is 17.1. The summed E-state index contributed by atoms with van der Waals surface area (Å²) in [5, 5.41) is 9.52. The number of aryl methyl sites for hydroxylation is 1. The van der Waals surface area contributed by atoms with Gasteiger partial charge < -0.3 is 9.64 Å². The minimum atomic E-state index is -0.262. The molecule has 1 fully saturated rings. The molecule has 0 aromatic heterocycles. The lowest BCUT2D eigenvalue weighted by atomic mass is 10.0. The fraction of sp³-hybridized carbons (Fsp3) is 0.500. The van der Waals surface area contributed by atoms with Crippen LogP contribution < -0.4 is 0 Å². The molecule has 112 valence electrons. The summed E-state index contributed by atoms with van der Waals surface area (Å²) in [4.78, 5) is 15.5. The number of hydrogen-bond donors (Lipinski definition) is 0. The van der Waals surface area contributed by atoms with Gasteiger partial charge in [-0.3, -0.25) is 4.90 Å². The average Bonchev–Trinajstić information content (AvgIpc) is 2.51. The van der Waals surface area contributed by atoms with Gasteiger partial charge in [0.05, 0.1) is 12.7 Å². The molecule has 1 aromatic rings. The van der Waals surface area contributed by atoms with E-state index in [0.717, 1.165) is 11.1 Å². The fourth-order valence-electron chi connectivity index (χ4n) is 2.62. The molecule has 5 nitrogen and oxygen atoms in total. The molecule has 1 unspecified atom stereocenters. The lowest BCUT2D eigenvalue weighted by Crippen LogP contribution is -2.49. The van der Waals surface area contributed by atoms with Crippen LogP contribution in [0.3, 0.4) is 0 Å². The van der Waals surface area contributed by atoms with E-state index in [0.29, 0.717) is 32.8 Å². The highest BCUT2D eigenvalue weighted by Gasteiger charge is 2.28. The van der Waals surface area contributed by atoms with Gasteiger partial charge in [-0.25, -0.2) is 4.79 Å². The van der Waals surface area contributed by atoms with Gasteiger partial charge >= 0.3 is 6.09 Å². The topological polar surface area (TPSA) is 56.6 Å². The zero-order chi connectivity index (χ0) is 15.2. The third-order valence-corrected chi connectivity index (χ3v) is 3.81. The predicted molar refractivity (Wildman–Crippen MR) is 79.7 cm³/mol. The van der Waals surface area contributed by atoms with E-state index in [1.54, 1.807) is 11.8 Å². The Morgan fingerprint density at radius 1 is 1.33 bits per heavy atom. The molecule has 0 N–H and O–H groups in total. The second kappa shape index (κ2) is 7.09.